The molecule has 5 heteroatoms. The molecule has 1 aliphatic heterocycles. The molecule has 1 aliphatic rings. The summed E-state index contributed by atoms with van der Waals surface area (Å²) in [6.07, 6.45) is 7.05. The van der Waals surface area contributed by atoms with Crippen molar-refractivity contribution in [1.82, 2.24) is 5.32 Å². The van der Waals surface area contributed by atoms with Gasteiger partial charge in [0.25, 0.3) is 0 Å². The highest BCUT2D eigenvalue weighted by Crippen LogP contribution is 2.46. The maximum Gasteiger partial charge on any atom is 0.136 e. The molecule has 0 bridgehead atoms. The molecule has 8 rings (SSSR count). The number of rotatable bonds is 5. The molecule has 0 amide bonds. The minimum atomic E-state index is 0.590. The van der Waals surface area contributed by atoms with Crippen LogP contribution in [0.4, 0.5) is 0 Å². The predicted molar refractivity (Wildman–Crippen MR) is 201 cm³/mol. The summed E-state index contributed by atoms with van der Waals surface area (Å²) in [6.45, 7) is 2.45. The number of hydrogen-bond donors (Lipinski definition) is 2. The van der Waals surface area contributed by atoms with E-state index in [1.165, 1.54) is 0 Å². The predicted octanol–water partition coefficient (Wildman–Crippen LogP) is 10.4. The van der Waals surface area contributed by atoms with Crippen LogP contribution in [0.15, 0.2) is 149 Å². The lowest BCUT2D eigenvalue weighted by Gasteiger charge is -2.19. The first kappa shape index (κ1) is 29.6. The van der Waals surface area contributed by atoms with E-state index in [-0.39, 0.29) is 0 Å². The second-order valence-corrected chi connectivity index (χ2v) is 12.3. The minimum absolute atomic E-state index is 0.590. The lowest BCUT2D eigenvalue weighted by atomic mass is 9.84. The van der Waals surface area contributed by atoms with Gasteiger partial charge in [-0.3, -0.25) is 0 Å². The summed E-state index contributed by atoms with van der Waals surface area (Å²) >= 11 is 0. The monoisotopic (exact) mass is 630 g/mol. The number of allylic oxidation sites excluding steroid dienone is 5. The molecular weight excluding hydrogens is 601 g/mol. The van der Waals surface area contributed by atoms with Gasteiger partial charge in [0.1, 0.15) is 17.2 Å². The number of hydrogen-bond acceptors (Lipinski definition) is 5. The summed E-state index contributed by atoms with van der Waals surface area (Å²) in [5.41, 5.74) is 17.2. The number of nitrogens with one attached hydrogen (secondary N) is 1. The van der Waals surface area contributed by atoms with Crippen molar-refractivity contribution in [3.05, 3.63) is 156 Å². The summed E-state index contributed by atoms with van der Waals surface area (Å²) in [4.78, 5) is 0. The fraction of sp³-hybridized carbons (Fsp3) is 0.0455. The van der Waals surface area contributed by atoms with Gasteiger partial charge in [-0.05, 0) is 103 Å². The van der Waals surface area contributed by atoms with Crippen LogP contribution in [0.5, 0.6) is 0 Å². The molecule has 0 saturated heterocycles. The average Bonchev–Trinajstić information content (AvgIpc) is 3.52. The van der Waals surface area contributed by atoms with Crippen molar-refractivity contribution in [2.75, 3.05) is 6.54 Å². The second-order valence-electron chi connectivity index (χ2n) is 12.3. The Balaban J connectivity index is 1.39. The van der Waals surface area contributed by atoms with E-state index in [1.807, 2.05) is 24.3 Å². The van der Waals surface area contributed by atoms with Crippen molar-refractivity contribution < 1.29 is 4.42 Å². The van der Waals surface area contributed by atoms with E-state index in [1.54, 1.807) is 25.4 Å². The summed E-state index contributed by atoms with van der Waals surface area (Å²) in [5.74, 6) is 0. The van der Waals surface area contributed by atoms with Crippen molar-refractivity contribution in [3.8, 4) is 34.4 Å². The van der Waals surface area contributed by atoms with Gasteiger partial charge in [-0.1, -0.05) is 91.0 Å². The lowest BCUT2D eigenvalue weighted by molar-refractivity contribution is 0.669. The molecule has 0 aliphatic carbocycles. The van der Waals surface area contributed by atoms with Crippen molar-refractivity contribution in [3.63, 3.8) is 0 Å². The molecule has 7 aromatic rings. The van der Waals surface area contributed by atoms with Gasteiger partial charge >= 0.3 is 0 Å². The van der Waals surface area contributed by atoms with E-state index in [0.29, 0.717) is 17.7 Å². The van der Waals surface area contributed by atoms with Crippen LogP contribution in [-0.2, 0) is 0 Å². The molecule has 0 unspecified atom stereocenters. The number of para-hydroxylation sites is 1. The Morgan fingerprint density at radius 3 is 1.98 bits per heavy atom. The first-order chi connectivity index (χ1) is 24.1. The molecule has 3 N–H and O–H groups in total. The Kier molecular flexibility index (Phi) is 7.29. The van der Waals surface area contributed by atoms with Gasteiger partial charge in [-0.25, -0.2) is 0 Å². The van der Waals surface area contributed by atoms with Crippen molar-refractivity contribution in [1.29, 1.82) is 10.5 Å². The maximum absolute atomic E-state index is 9.44. The lowest BCUT2D eigenvalue weighted by Crippen LogP contribution is -2.13. The molecule has 0 fully saturated rings. The zero-order valence-electron chi connectivity index (χ0n) is 26.8. The summed E-state index contributed by atoms with van der Waals surface area (Å²) < 4.78 is 6.43. The molecule has 0 spiro atoms. The first-order valence-corrected chi connectivity index (χ1v) is 16.1. The number of fused-ring (bicyclic) bond motifs is 5. The summed E-state index contributed by atoms with van der Waals surface area (Å²) in [5, 5.41) is 28.6. The molecule has 6 aromatic carbocycles. The minimum Gasteiger partial charge on any atom is -0.456 e. The normalized spacial score (nSPS) is 13.6. The third kappa shape index (κ3) is 5.11. The Hall–Kier alpha value is -6.82. The highest BCUT2D eigenvalue weighted by Gasteiger charge is 2.20. The third-order valence-electron chi connectivity index (χ3n) is 9.31. The molecule has 1 aromatic heterocycles. The Bertz CT molecular complexity index is 2670. The zero-order chi connectivity index (χ0) is 33.5. The van der Waals surface area contributed by atoms with Gasteiger partial charge in [-0.15, -0.1) is 0 Å². The molecule has 2 heterocycles. The number of dihydropyridines is 1. The smallest absolute Gasteiger partial charge is 0.136 e. The van der Waals surface area contributed by atoms with Crippen LogP contribution in [0.25, 0.3) is 76.9 Å². The Labute approximate surface area is 283 Å². The molecular formula is C44H30N4O. The molecule has 49 heavy (non-hydrogen) atoms. The topological polar surface area (TPSA) is 98.8 Å². The molecule has 0 radical (unpaired) electrons. The maximum atomic E-state index is 9.44. The van der Waals surface area contributed by atoms with Crippen LogP contribution < -0.4 is 11.1 Å². The summed E-state index contributed by atoms with van der Waals surface area (Å²) in [6, 6.07) is 42.7. The van der Waals surface area contributed by atoms with Crippen LogP contribution in [0.3, 0.4) is 0 Å². The Morgan fingerprint density at radius 2 is 1.33 bits per heavy atom. The molecule has 0 saturated carbocycles. The van der Waals surface area contributed by atoms with Gasteiger partial charge < -0.3 is 15.5 Å². The van der Waals surface area contributed by atoms with Crippen LogP contribution in [-0.4, -0.2) is 6.54 Å². The molecule has 232 valence electrons. The van der Waals surface area contributed by atoms with Gasteiger partial charge in [-0.2, -0.15) is 10.5 Å². The van der Waals surface area contributed by atoms with Gasteiger partial charge in [0.05, 0.1) is 11.6 Å². The van der Waals surface area contributed by atoms with Crippen LogP contribution in [0.2, 0.25) is 0 Å². The highest BCUT2D eigenvalue weighted by atomic mass is 16.3. The van der Waals surface area contributed by atoms with Gasteiger partial charge in [0, 0.05) is 35.3 Å². The average molecular weight is 631 g/mol. The quantitative estimate of drug-likeness (QED) is 0.112. The van der Waals surface area contributed by atoms with E-state index in [4.69, 9.17) is 10.2 Å². The number of nitrogens with zero attached hydrogens (tertiary/aromatic N) is 2. The first-order valence-electron chi connectivity index (χ1n) is 16.1. The van der Waals surface area contributed by atoms with E-state index in [0.717, 1.165) is 88.0 Å². The zero-order valence-corrected chi connectivity index (χ0v) is 26.8. The van der Waals surface area contributed by atoms with Crippen molar-refractivity contribution in [2.45, 2.75) is 6.92 Å². The number of nitrogens with two attached hydrogens (primary N) is 1. The molecule has 0 atom stereocenters. The standard InChI is InChI=1S/C44H30N4O/c1-27(22-45)18-33(24-47)29-10-14-32(15-11-29)44-37-8-3-2-7-36(37)43(31-16-12-30(13-17-31)34-19-28(23-46)25-48-26-34)39-20-38-35-6-4-5-9-41(35)49-42(38)21-40(39)44/h2-21,24-25,48H,26,47H2,1H3/b27-18+,33-24+. The molecule has 5 nitrogen and oxygen atoms in total. The third-order valence-corrected chi connectivity index (χ3v) is 9.31. The van der Waals surface area contributed by atoms with Crippen LogP contribution in [0, 0.1) is 22.7 Å². The number of benzene rings is 6. The highest BCUT2D eigenvalue weighted by molar-refractivity contribution is 6.25. The van der Waals surface area contributed by atoms with Crippen molar-refractivity contribution >= 4 is 54.6 Å². The van der Waals surface area contributed by atoms with E-state index in [9.17, 15) is 10.5 Å². The van der Waals surface area contributed by atoms with E-state index < -0.39 is 0 Å². The SMILES string of the molecule is C/C(C#N)=C\C(=C/N)c1ccc(-c2c3ccccc3c(-c3ccc(C4=CC(C#N)=CNC4)cc3)c3cc4c(cc23)oc2ccccc24)cc1. The second kappa shape index (κ2) is 12.1. The number of nitriles is 2. The van der Waals surface area contributed by atoms with Crippen LogP contribution in [0.1, 0.15) is 18.1 Å². The fourth-order valence-corrected chi connectivity index (χ4v) is 6.99. The van der Waals surface area contributed by atoms with Crippen molar-refractivity contribution in [2.24, 2.45) is 5.73 Å². The number of furan rings is 1. The van der Waals surface area contributed by atoms with Gasteiger partial charge in [0.15, 0.2) is 0 Å². The van der Waals surface area contributed by atoms with E-state index >= 15 is 0 Å². The van der Waals surface area contributed by atoms with Crippen LogP contribution >= 0.6 is 0 Å². The Morgan fingerprint density at radius 1 is 0.714 bits per heavy atom. The van der Waals surface area contributed by atoms with E-state index in [2.05, 4.69) is 108 Å². The summed E-state index contributed by atoms with van der Waals surface area (Å²) in [7, 11) is 0. The largest absolute Gasteiger partial charge is 0.456 e. The van der Waals surface area contributed by atoms with Gasteiger partial charge in [0.2, 0.25) is 0 Å². The fourth-order valence-electron chi connectivity index (χ4n) is 6.99.